The van der Waals surface area contributed by atoms with Gasteiger partial charge >= 0.3 is 0 Å². The maximum atomic E-state index is 13.6. The van der Waals surface area contributed by atoms with E-state index in [0.717, 1.165) is 26.2 Å². The topological polar surface area (TPSA) is 47.0 Å². The van der Waals surface area contributed by atoms with E-state index in [2.05, 4.69) is 16.8 Å². The number of nitrogens with zero attached hydrogens (tertiary/aromatic N) is 3. The number of carbonyl (C=O) groups is 1. The van der Waals surface area contributed by atoms with Gasteiger partial charge in [-0.2, -0.15) is 0 Å². The molecule has 5 nitrogen and oxygen atoms in total. The Morgan fingerprint density at radius 1 is 1.35 bits per heavy atom. The van der Waals surface area contributed by atoms with Crippen molar-refractivity contribution >= 4 is 5.91 Å². The quantitative estimate of drug-likeness (QED) is 0.871. The first-order valence-electron chi connectivity index (χ1n) is 7.97. The van der Waals surface area contributed by atoms with E-state index in [1.165, 1.54) is 11.0 Å². The second kappa shape index (κ2) is 7.86. The zero-order valence-electron chi connectivity index (χ0n) is 14.1. The van der Waals surface area contributed by atoms with Gasteiger partial charge < -0.3 is 14.9 Å². The van der Waals surface area contributed by atoms with Gasteiger partial charge in [-0.15, -0.1) is 0 Å². The van der Waals surface area contributed by atoms with Crippen LogP contribution in [0.5, 0.6) is 0 Å². The lowest BCUT2D eigenvalue weighted by Crippen LogP contribution is -2.49. The molecule has 6 heteroatoms. The number of carbonyl (C=O) groups excluding carboxylic acids is 1. The summed E-state index contributed by atoms with van der Waals surface area (Å²) >= 11 is 0. The summed E-state index contributed by atoms with van der Waals surface area (Å²) in [7, 11) is 3.72. The molecule has 1 aliphatic heterocycles. The molecule has 1 aliphatic rings. The van der Waals surface area contributed by atoms with Crippen LogP contribution in [-0.4, -0.2) is 85.2 Å². The van der Waals surface area contributed by atoms with Crippen LogP contribution in [0, 0.1) is 12.7 Å². The van der Waals surface area contributed by atoms with Crippen LogP contribution in [0.2, 0.25) is 0 Å². The molecule has 1 amide bonds. The predicted octanol–water partition coefficient (Wildman–Crippen LogP) is 0.814. The molecule has 1 atom stereocenters. The first-order chi connectivity index (χ1) is 10.9. The number of rotatable bonds is 5. The minimum absolute atomic E-state index is 0.237. The van der Waals surface area contributed by atoms with Crippen LogP contribution in [0.4, 0.5) is 4.39 Å². The molecule has 128 valence electrons. The Balaban J connectivity index is 1.86. The van der Waals surface area contributed by atoms with Crippen LogP contribution in [0.25, 0.3) is 0 Å². The van der Waals surface area contributed by atoms with Crippen LogP contribution in [0.15, 0.2) is 18.2 Å². The highest BCUT2D eigenvalue weighted by Crippen LogP contribution is 2.11. The molecular formula is C17H26FN3O2. The zero-order valence-corrected chi connectivity index (χ0v) is 14.1. The van der Waals surface area contributed by atoms with Crippen molar-refractivity contribution in [2.45, 2.75) is 13.0 Å². The van der Waals surface area contributed by atoms with Crippen LogP contribution < -0.4 is 0 Å². The van der Waals surface area contributed by atoms with Gasteiger partial charge in [0.2, 0.25) is 0 Å². The van der Waals surface area contributed by atoms with Crippen LogP contribution >= 0.6 is 0 Å². The minimum atomic E-state index is -0.609. The molecule has 1 saturated heterocycles. The van der Waals surface area contributed by atoms with Gasteiger partial charge in [0.05, 0.1) is 6.10 Å². The number of benzene rings is 1. The molecule has 0 bridgehead atoms. The summed E-state index contributed by atoms with van der Waals surface area (Å²) in [5.74, 6) is -0.663. The Bertz CT molecular complexity index is 545. The van der Waals surface area contributed by atoms with E-state index in [0.29, 0.717) is 17.7 Å². The molecule has 0 saturated carbocycles. The second-order valence-electron chi connectivity index (χ2n) is 6.41. The minimum Gasteiger partial charge on any atom is -0.390 e. The van der Waals surface area contributed by atoms with Crippen LogP contribution in [0.3, 0.4) is 0 Å². The highest BCUT2D eigenvalue weighted by atomic mass is 19.1. The van der Waals surface area contributed by atoms with Gasteiger partial charge in [-0.3, -0.25) is 9.69 Å². The Morgan fingerprint density at radius 3 is 2.61 bits per heavy atom. The van der Waals surface area contributed by atoms with Gasteiger partial charge in [0.25, 0.3) is 5.91 Å². The van der Waals surface area contributed by atoms with Gasteiger partial charge in [0, 0.05) is 51.9 Å². The molecule has 1 unspecified atom stereocenters. The predicted molar refractivity (Wildman–Crippen MR) is 88.0 cm³/mol. The number of β-amino-alcohol motifs (C(OH)–C–C–N with tert-alkyl or cyclic N) is 1. The average Bonchev–Trinajstić information content (AvgIpc) is 2.51. The molecule has 0 aliphatic carbocycles. The maximum absolute atomic E-state index is 13.6. The first kappa shape index (κ1) is 17.8. The SMILES string of the molecule is Cc1ccc(C(=O)N(C)CC(O)CN2CCN(C)CC2)cc1F. The van der Waals surface area contributed by atoms with Crippen molar-refractivity contribution in [2.24, 2.45) is 0 Å². The monoisotopic (exact) mass is 323 g/mol. The molecule has 1 aromatic rings. The Morgan fingerprint density at radius 2 is 2.00 bits per heavy atom. The number of aryl methyl sites for hydroxylation is 1. The molecule has 23 heavy (non-hydrogen) atoms. The van der Waals surface area contributed by atoms with E-state index in [-0.39, 0.29) is 18.3 Å². The number of hydrogen-bond acceptors (Lipinski definition) is 4. The van der Waals surface area contributed by atoms with E-state index in [4.69, 9.17) is 0 Å². The van der Waals surface area contributed by atoms with Gasteiger partial charge in [0.1, 0.15) is 5.82 Å². The van der Waals surface area contributed by atoms with E-state index >= 15 is 0 Å². The highest BCUT2D eigenvalue weighted by molar-refractivity contribution is 5.94. The summed E-state index contributed by atoms with van der Waals surface area (Å²) in [4.78, 5) is 18.2. The Kier molecular flexibility index (Phi) is 6.10. The largest absolute Gasteiger partial charge is 0.390 e. The molecular weight excluding hydrogens is 297 g/mol. The number of likely N-dealkylation sites (N-methyl/N-ethyl adjacent to an activating group) is 2. The number of halogens is 1. The Hall–Kier alpha value is -1.50. The summed E-state index contributed by atoms with van der Waals surface area (Å²) in [6.45, 7) is 6.28. The van der Waals surface area contributed by atoms with Crippen molar-refractivity contribution < 1.29 is 14.3 Å². The number of aliphatic hydroxyl groups excluding tert-OH is 1. The number of hydrogen-bond donors (Lipinski definition) is 1. The smallest absolute Gasteiger partial charge is 0.253 e. The lowest BCUT2D eigenvalue weighted by molar-refractivity contribution is 0.0501. The number of aliphatic hydroxyl groups is 1. The molecule has 1 N–H and O–H groups in total. The van der Waals surface area contributed by atoms with Crippen molar-refractivity contribution in [3.63, 3.8) is 0 Å². The summed E-state index contributed by atoms with van der Waals surface area (Å²) in [5.41, 5.74) is 0.821. The summed E-state index contributed by atoms with van der Waals surface area (Å²) in [6, 6.07) is 4.46. The van der Waals surface area contributed by atoms with Crippen molar-refractivity contribution in [1.29, 1.82) is 0 Å². The molecule has 1 fully saturated rings. The summed E-state index contributed by atoms with van der Waals surface area (Å²) in [6.07, 6.45) is -0.609. The summed E-state index contributed by atoms with van der Waals surface area (Å²) in [5, 5.41) is 10.2. The lowest BCUT2D eigenvalue weighted by atomic mass is 10.1. The third-order valence-electron chi connectivity index (χ3n) is 4.31. The van der Waals surface area contributed by atoms with Crippen molar-refractivity contribution in [1.82, 2.24) is 14.7 Å². The standard InChI is InChI=1S/C17H26FN3O2/c1-13-4-5-14(10-16(13)18)17(23)20(3)11-15(22)12-21-8-6-19(2)7-9-21/h4-5,10,15,22H,6-9,11-12H2,1-3H3. The second-order valence-corrected chi connectivity index (χ2v) is 6.41. The van der Waals surface area contributed by atoms with Crippen molar-refractivity contribution in [2.75, 3.05) is 53.4 Å². The maximum Gasteiger partial charge on any atom is 0.253 e. The van der Waals surface area contributed by atoms with Gasteiger partial charge in [-0.05, 0) is 31.7 Å². The van der Waals surface area contributed by atoms with Gasteiger partial charge in [-0.1, -0.05) is 6.07 Å². The average molecular weight is 323 g/mol. The number of amides is 1. The third kappa shape index (κ3) is 4.99. The van der Waals surface area contributed by atoms with E-state index in [9.17, 15) is 14.3 Å². The fourth-order valence-electron chi connectivity index (χ4n) is 2.73. The van der Waals surface area contributed by atoms with Crippen molar-refractivity contribution in [3.05, 3.63) is 35.1 Å². The first-order valence-corrected chi connectivity index (χ1v) is 7.97. The highest BCUT2D eigenvalue weighted by Gasteiger charge is 2.20. The van der Waals surface area contributed by atoms with E-state index < -0.39 is 6.10 Å². The molecule has 0 radical (unpaired) electrons. The van der Waals surface area contributed by atoms with Gasteiger partial charge in [0.15, 0.2) is 0 Å². The normalized spacial score (nSPS) is 18.0. The third-order valence-corrected chi connectivity index (χ3v) is 4.31. The van der Waals surface area contributed by atoms with E-state index in [1.807, 2.05) is 0 Å². The molecule has 2 rings (SSSR count). The lowest BCUT2D eigenvalue weighted by Gasteiger charge is -2.34. The van der Waals surface area contributed by atoms with Crippen LogP contribution in [0.1, 0.15) is 15.9 Å². The molecule has 1 heterocycles. The zero-order chi connectivity index (χ0) is 17.0. The fraction of sp³-hybridized carbons (Fsp3) is 0.588. The number of piperazine rings is 1. The fourth-order valence-corrected chi connectivity index (χ4v) is 2.73. The summed E-state index contributed by atoms with van der Waals surface area (Å²) < 4.78 is 13.6. The molecule has 1 aromatic carbocycles. The van der Waals surface area contributed by atoms with E-state index in [1.54, 1.807) is 26.1 Å². The Labute approximate surface area is 137 Å². The molecule has 0 aromatic heterocycles. The molecule has 0 spiro atoms. The van der Waals surface area contributed by atoms with Crippen molar-refractivity contribution in [3.8, 4) is 0 Å². The van der Waals surface area contributed by atoms with Gasteiger partial charge in [-0.25, -0.2) is 4.39 Å². The van der Waals surface area contributed by atoms with Crippen LogP contribution in [-0.2, 0) is 0 Å².